The number of aryl methyl sites for hydroxylation is 1. The van der Waals surface area contributed by atoms with Crippen LogP contribution in [-0.4, -0.2) is 24.6 Å². The highest BCUT2D eigenvalue weighted by Gasteiger charge is 2.28. The molecule has 0 aliphatic heterocycles. The first-order chi connectivity index (χ1) is 13.4. The maximum Gasteiger partial charge on any atom is 0.159 e. The Morgan fingerprint density at radius 1 is 0.963 bits per heavy atom. The summed E-state index contributed by atoms with van der Waals surface area (Å²) in [5.41, 5.74) is 6.88. The number of hydrogen-bond donors (Lipinski definition) is 0. The van der Waals surface area contributed by atoms with Crippen LogP contribution in [0.3, 0.4) is 0 Å². The van der Waals surface area contributed by atoms with Gasteiger partial charge in [0.1, 0.15) is 5.82 Å². The summed E-state index contributed by atoms with van der Waals surface area (Å²) in [5.74, 6) is 2.28. The van der Waals surface area contributed by atoms with Crippen LogP contribution < -0.4 is 0 Å². The van der Waals surface area contributed by atoms with E-state index in [1.807, 2.05) is 16.9 Å². The molecule has 3 aliphatic rings. The second-order valence-electron chi connectivity index (χ2n) is 8.18. The summed E-state index contributed by atoms with van der Waals surface area (Å²) in [6.45, 7) is 0. The maximum absolute atomic E-state index is 5.02. The van der Waals surface area contributed by atoms with Gasteiger partial charge < -0.3 is 0 Å². The van der Waals surface area contributed by atoms with E-state index in [0.29, 0.717) is 11.8 Å². The molecule has 5 nitrogen and oxygen atoms in total. The number of nitrogens with zero attached hydrogens (tertiary/aromatic N) is 5. The van der Waals surface area contributed by atoms with Gasteiger partial charge in [-0.25, -0.2) is 19.5 Å². The Morgan fingerprint density at radius 3 is 2.70 bits per heavy atom. The van der Waals surface area contributed by atoms with E-state index in [-0.39, 0.29) is 0 Å². The van der Waals surface area contributed by atoms with Crippen molar-refractivity contribution in [3.05, 3.63) is 59.1 Å². The summed E-state index contributed by atoms with van der Waals surface area (Å²) in [7, 11) is 0. The average Bonchev–Trinajstić information content (AvgIpc) is 3.43. The van der Waals surface area contributed by atoms with E-state index < -0.39 is 0 Å². The molecule has 3 aromatic heterocycles. The van der Waals surface area contributed by atoms with Crippen LogP contribution in [0.25, 0.3) is 11.2 Å². The van der Waals surface area contributed by atoms with Gasteiger partial charge in [0.25, 0.3) is 0 Å². The minimum absolute atomic E-state index is 0.577. The van der Waals surface area contributed by atoms with Crippen molar-refractivity contribution in [1.29, 1.82) is 0 Å². The van der Waals surface area contributed by atoms with Crippen molar-refractivity contribution in [2.24, 2.45) is 0 Å². The molecule has 6 rings (SSSR count). The van der Waals surface area contributed by atoms with Crippen LogP contribution in [0.4, 0.5) is 0 Å². The van der Waals surface area contributed by atoms with Gasteiger partial charge in [0, 0.05) is 35.0 Å². The van der Waals surface area contributed by atoms with Crippen LogP contribution in [0, 0.1) is 0 Å². The standard InChI is InChI=1S/C22H23N5/c1-2-7-19-18(12-23-21(25-19)15-4-3-5-15)16(6-1)20-10-11-27-22(26-20)17(13-24-27)14-8-9-14/h6,10-15H,1-5,7-9H2. The van der Waals surface area contributed by atoms with E-state index in [4.69, 9.17) is 15.0 Å². The predicted molar refractivity (Wildman–Crippen MR) is 104 cm³/mol. The predicted octanol–water partition coefficient (Wildman–Crippen LogP) is 4.43. The van der Waals surface area contributed by atoms with Crippen molar-refractivity contribution >= 4 is 11.2 Å². The minimum atomic E-state index is 0.577. The molecule has 2 fully saturated rings. The van der Waals surface area contributed by atoms with Crippen molar-refractivity contribution in [3.8, 4) is 0 Å². The van der Waals surface area contributed by atoms with Crippen LogP contribution in [0.2, 0.25) is 0 Å². The Balaban J connectivity index is 1.44. The molecule has 3 heterocycles. The lowest BCUT2D eigenvalue weighted by molar-refractivity contribution is 0.400. The van der Waals surface area contributed by atoms with Crippen LogP contribution in [-0.2, 0) is 6.42 Å². The van der Waals surface area contributed by atoms with Gasteiger partial charge in [-0.3, -0.25) is 0 Å². The normalized spacial score (nSPS) is 20.1. The van der Waals surface area contributed by atoms with Crippen LogP contribution in [0.1, 0.15) is 85.1 Å². The Kier molecular flexibility index (Phi) is 3.43. The first kappa shape index (κ1) is 15.5. The molecule has 27 heavy (non-hydrogen) atoms. The largest absolute Gasteiger partial charge is 0.240 e. The molecule has 0 atom stereocenters. The zero-order chi connectivity index (χ0) is 17.8. The SMILES string of the molecule is C1=C(c2ccn3ncc(C4CC4)c3n2)c2cnc(C3CCC3)nc2CCC1. The van der Waals surface area contributed by atoms with E-state index in [9.17, 15) is 0 Å². The topological polar surface area (TPSA) is 56.0 Å². The highest BCUT2D eigenvalue weighted by Crippen LogP contribution is 2.42. The van der Waals surface area contributed by atoms with Crippen molar-refractivity contribution in [2.75, 3.05) is 0 Å². The molecular weight excluding hydrogens is 334 g/mol. The second kappa shape index (κ2) is 5.98. The molecule has 0 bridgehead atoms. The van der Waals surface area contributed by atoms with Crippen LogP contribution in [0.5, 0.6) is 0 Å². The molecule has 0 aromatic carbocycles. The van der Waals surface area contributed by atoms with E-state index >= 15 is 0 Å². The summed E-state index contributed by atoms with van der Waals surface area (Å²) in [6.07, 6.45) is 18.0. The number of aromatic nitrogens is 5. The van der Waals surface area contributed by atoms with Gasteiger partial charge in [0.2, 0.25) is 0 Å². The minimum Gasteiger partial charge on any atom is -0.240 e. The van der Waals surface area contributed by atoms with E-state index in [1.54, 1.807) is 0 Å². The molecule has 136 valence electrons. The Bertz CT molecular complexity index is 1060. The molecule has 0 spiro atoms. The average molecular weight is 357 g/mol. The molecular formula is C22H23N5. The summed E-state index contributed by atoms with van der Waals surface area (Å²) < 4.78 is 1.91. The molecule has 0 amide bonds. The Morgan fingerprint density at radius 2 is 1.89 bits per heavy atom. The summed E-state index contributed by atoms with van der Waals surface area (Å²) in [6, 6.07) is 2.08. The lowest BCUT2D eigenvalue weighted by Gasteiger charge is -2.24. The maximum atomic E-state index is 5.02. The molecule has 3 aromatic rings. The monoisotopic (exact) mass is 357 g/mol. The zero-order valence-corrected chi connectivity index (χ0v) is 15.4. The van der Waals surface area contributed by atoms with Crippen molar-refractivity contribution < 1.29 is 0 Å². The molecule has 0 N–H and O–H groups in total. The number of fused-ring (bicyclic) bond motifs is 2. The van der Waals surface area contributed by atoms with Crippen LogP contribution >= 0.6 is 0 Å². The van der Waals surface area contributed by atoms with Gasteiger partial charge >= 0.3 is 0 Å². The smallest absolute Gasteiger partial charge is 0.159 e. The quantitative estimate of drug-likeness (QED) is 0.696. The van der Waals surface area contributed by atoms with Gasteiger partial charge in [-0.05, 0) is 56.9 Å². The van der Waals surface area contributed by atoms with Gasteiger partial charge in [-0.2, -0.15) is 5.10 Å². The first-order valence-corrected chi connectivity index (χ1v) is 10.3. The van der Waals surface area contributed by atoms with Gasteiger partial charge in [-0.1, -0.05) is 12.5 Å². The third-order valence-electron chi connectivity index (χ3n) is 6.30. The number of rotatable bonds is 3. The first-order valence-electron chi connectivity index (χ1n) is 10.3. The van der Waals surface area contributed by atoms with Crippen molar-refractivity contribution in [3.63, 3.8) is 0 Å². The molecule has 0 unspecified atom stereocenters. The lowest BCUT2D eigenvalue weighted by Crippen LogP contribution is -2.14. The van der Waals surface area contributed by atoms with Gasteiger partial charge in [0.15, 0.2) is 5.65 Å². The lowest BCUT2D eigenvalue weighted by atomic mass is 9.84. The van der Waals surface area contributed by atoms with Crippen molar-refractivity contribution in [1.82, 2.24) is 24.6 Å². The molecule has 3 aliphatic carbocycles. The highest BCUT2D eigenvalue weighted by atomic mass is 15.2. The third kappa shape index (κ3) is 2.59. The molecule has 0 saturated heterocycles. The van der Waals surface area contributed by atoms with Gasteiger partial charge in [-0.15, -0.1) is 0 Å². The van der Waals surface area contributed by atoms with Gasteiger partial charge in [0.05, 0.1) is 17.6 Å². The zero-order valence-electron chi connectivity index (χ0n) is 15.4. The summed E-state index contributed by atoms with van der Waals surface area (Å²) >= 11 is 0. The molecule has 2 saturated carbocycles. The van der Waals surface area contributed by atoms with E-state index in [0.717, 1.165) is 36.4 Å². The van der Waals surface area contributed by atoms with Crippen molar-refractivity contribution in [2.45, 2.75) is 63.2 Å². The Labute approximate surface area is 158 Å². The van der Waals surface area contributed by atoms with Crippen LogP contribution in [0.15, 0.2) is 30.7 Å². The summed E-state index contributed by atoms with van der Waals surface area (Å²) in [5, 5.41) is 4.49. The fraction of sp³-hybridized carbons (Fsp3) is 0.455. The fourth-order valence-electron chi connectivity index (χ4n) is 4.30. The molecule has 0 radical (unpaired) electrons. The van der Waals surface area contributed by atoms with E-state index in [2.05, 4.69) is 23.4 Å². The third-order valence-corrected chi connectivity index (χ3v) is 6.30. The Hall–Kier alpha value is -2.56. The highest BCUT2D eigenvalue weighted by molar-refractivity contribution is 5.80. The fourth-order valence-corrected chi connectivity index (χ4v) is 4.30. The summed E-state index contributed by atoms with van der Waals surface area (Å²) in [4.78, 5) is 14.7. The number of hydrogen-bond acceptors (Lipinski definition) is 4. The number of allylic oxidation sites excluding steroid dienone is 1. The van der Waals surface area contributed by atoms with E-state index in [1.165, 1.54) is 54.5 Å². The second-order valence-corrected chi connectivity index (χ2v) is 8.18. The molecule has 5 heteroatoms.